The zero-order chi connectivity index (χ0) is 18.1. The standard InChI is InChI=1S/C20H18N2O3S/c1-2-13-4-3-5-15(10-13)22-19(23)16(21-20(22)26)11-14-6-7-17-18(12-14)25-9-8-24-17/h3-7,10-12H,2,8-9H2,1H3,(H,21,26)/b16-11+. The number of hydrogen-bond donors (Lipinski definition) is 1. The molecule has 132 valence electrons. The number of anilines is 1. The Morgan fingerprint density at radius 1 is 1.15 bits per heavy atom. The predicted molar refractivity (Wildman–Crippen MR) is 104 cm³/mol. The van der Waals surface area contributed by atoms with Gasteiger partial charge in [0.1, 0.15) is 18.9 Å². The number of nitrogens with one attached hydrogen (secondary N) is 1. The van der Waals surface area contributed by atoms with E-state index < -0.39 is 0 Å². The molecule has 2 aliphatic heterocycles. The molecule has 0 bridgehead atoms. The first-order chi connectivity index (χ1) is 12.7. The Labute approximate surface area is 157 Å². The quantitative estimate of drug-likeness (QED) is 0.667. The molecule has 1 saturated heterocycles. The second kappa shape index (κ2) is 6.80. The topological polar surface area (TPSA) is 50.8 Å². The van der Waals surface area contributed by atoms with Gasteiger partial charge in [-0.3, -0.25) is 9.69 Å². The van der Waals surface area contributed by atoms with Gasteiger partial charge in [-0.1, -0.05) is 25.1 Å². The summed E-state index contributed by atoms with van der Waals surface area (Å²) in [4.78, 5) is 14.4. The molecule has 2 aromatic carbocycles. The predicted octanol–water partition coefficient (Wildman–Crippen LogP) is 3.28. The zero-order valence-corrected chi connectivity index (χ0v) is 15.1. The maximum Gasteiger partial charge on any atom is 0.281 e. The van der Waals surface area contributed by atoms with Crippen LogP contribution in [-0.4, -0.2) is 24.2 Å². The highest BCUT2D eigenvalue weighted by Crippen LogP contribution is 2.32. The van der Waals surface area contributed by atoms with Crippen molar-refractivity contribution in [2.45, 2.75) is 13.3 Å². The lowest BCUT2D eigenvalue weighted by Gasteiger charge is -2.18. The number of thiocarbonyl (C=S) groups is 1. The molecule has 0 atom stereocenters. The zero-order valence-electron chi connectivity index (χ0n) is 14.3. The molecule has 1 amide bonds. The Bertz CT molecular complexity index is 923. The Kier molecular flexibility index (Phi) is 4.34. The van der Waals surface area contributed by atoms with Crippen molar-refractivity contribution in [1.82, 2.24) is 5.32 Å². The van der Waals surface area contributed by atoms with Crippen LogP contribution in [0, 0.1) is 0 Å². The van der Waals surface area contributed by atoms with Gasteiger partial charge in [0.05, 0.1) is 5.69 Å². The van der Waals surface area contributed by atoms with Gasteiger partial charge in [0.2, 0.25) is 0 Å². The normalized spacial score (nSPS) is 17.6. The summed E-state index contributed by atoms with van der Waals surface area (Å²) in [5, 5.41) is 3.40. The van der Waals surface area contributed by atoms with E-state index in [9.17, 15) is 4.79 Å². The second-order valence-electron chi connectivity index (χ2n) is 6.06. The summed E-state index contributed by atoms with van der Waals surface area (Å²) >= 11 is 5.38. The number of carbonyl (C=O) groups excluding carboxylic acids is 1. The summed E-state index contributed by atoms with van der Waals surface area (Å²) in [5.41, 5.74) is 3.21. The molecule has 0 spiro atoms. The summed E-state index contributed by atoms with van der Waals surface area (Å²) in [7, 11) is 0. The number of ether oxygens (including phenoxy) is 2. The minimum atomic E-state index is -0.168. The van der Waals surface area contributed by atoms with E-state index in [-0.39, 0.29) is 5.91 Å². The van der Waals surface area contributed by atoms with Gasteiger partial charge in [0, 0.05) is 0 Å². The highest BCUT2D eigenvalue weighted by atomic mass is 32.1. The van der Waals surface area contributed by atoms with Gasteiger partial charge in [0.15, 0.2) is 16.6 Å². The molecule has 0 aliphatic carbocycles. The second-order valence-corrected chi connectivity index (χ2v) is 6.44. The van der Waals surface area contributed by atoms with Crippen LogP contribution in [0.25, 0.3) is 6.08 Å². The monoisotopic (exact) mass is 366 g/mol. The maximum atomic E-state index is 12.9. The minimum Gasteiger partial charge on any atom is -0.486 e. The Balaban J connectivity index is 1.63. The lowest BCUT2D eigenvalue weighted by atomic mass is 10.1. The lowest BCUT2D eigenvalue weighted by molar-refractivity contribution is -0.113. The molecule has 2 aliphatic rings. The first-order valence-electron chi connectivity index (χ1n) is 8.51. The van der Waals surface area contributed by atoms with Gasteiger partial charge < -0.3 is 14.8 Å². The number of benzene rings is 2. The highest BCUT2D eigenvalue weighted by Gasteiger charge is 2.32. The molecule has 0 aromatic heterocycles. The average molecular weight is 366 g/mol. The van der Waals surface area contributed by atoms with Crippen molar-refractivity contribution in [2.24, 2.45) is 0 Å². The molecule has 1 fully saturated rings. The molecule has 4 rings (SSSR count). The fourth-order valence-corrected chi connectivity index (χ4v) is 3.30. The number of fused-ring (bicyclic) bond motifs is 1. The fourth-order valence-electron chi connectivity index (χ4n) is 3.00. The van der Waals surface area contributed by atoms with E-state index in [1.807, 2.05) is 42.5 Å². The van der Waals surface area contributed by atoms with Crippen LogP contribution in [0.5, 0.6) is 11.5 Å². The molecule has 1 N–H and O–H groups in total. The summed E-state index contributed by atoms with van der Waals surface area (Å²) in [5.74, 6) is 1.24. The van der Waals surface area contributed by atoms with E-state index in [2.05, 4.69) is 12.2 Å². The Morgan fingerprint density at radius 3 is 2.77 bits per heavy atom. The van der Waals surface area contributed by atoms with Crippen LogP contribution in [0.3, 0.4) is 0 Å². The molecular weight excluding hydrogens is 348 g/mol. The number of carbonyl (C=O) groups is 1. The smallest absolute Gasteiger partial charge is 0.281 e. The first-order valence-corrected chi connectivity index (χ1v) is 8.92. The fraction of sp³-hybridized carbons (Fsp3) is 0.200. The van der Waals surface area contributed by atoms with E-state index in [0.717, 1.165) is 29.0 Å². The van der Waals surface area contributed by atoms with Crippen molar-refractivity contribution in [2.75, 3.05) is 18.1 Å². The summed E-state index contributed by atoms with van der Waals surface area (Å²) in [6.45, 7) is 3.15. The number of rotatable bonds is 3. The van der Waals surface area contributed by atoms with Crippen molar-refractivity contribution >= 4 is 35.0 Å². The Morgan fingerprint density at radius 2 is 1.96 bits per heavy atom. The van der Waals surface area contributed by atoms with E-state index in [4.69, 9.17) is 21.7 Å². The van der Waals surface area contributed by atoms with Crippen molar-refractivity contribution < 1.29 is 14.3 Å². The van der Waals surface area contributed by atoms with E-state index >= 15 is 0 Å². The largest absolute Gasteiger partial charge is 0.486 e. The molecule has 0 unspecified atom stereocenters. The number of aryl methyl sites for hydroxylation is 1. The Hall–Kier alpha value is -2.86. The summed E-state index contributed by atoms with van der Waals surface area (Å²) in [6.07, 6.45) is 2.67. The van der Waals surface area contributed by atoms with Crippen molar-refractivity contribution in [1.29, 1.82) is 0 Å². The van der Waals surface area contributed by atoms with Crippen LogP contribution in [0.2, 0.25) is 0 Å². The maximum absolute atomic E-state index is 12.9. The van der Waals surface area contributed by atoms with Gasteiger partial charge in [-0.15, -0.1) is 0 Å². The van der Waals surface area contributed by atoms with Gasteiger partial charge >= 0.3 is 0 Å². The van der Waals surface area contributed by atoms with E-state index in [0.29, 0.717) is 29.8 Å². The van der Waals surface area contributed by atoms with Crippen LogP contribution in [-0.2, 0) is 11.2 Å². The molecular formula is C20H18N2O3S. The third-order valence-electron chi connectivity index (χ3n) is 4.33. The average Bonchev–Trinajstić information content (AvgIpc) is 2.95. The molecule has 2 heterocycles. The molecule has 5 nitrogen and oxygen atoms in total. The van der Waals surface area contributed by atoms with Gasteiger partial charge in [-0.2, -0.15) is 0 Å². The van der Waals surface area contributed by atoms with Crippen LogP contribution in [0.4, 0.5) is 5.69 Å². The third kappa shape index (κ3) is 3.04. The number of amides is 1. The minimum absolute atomic E-state index is 0.168. The summed E-state index contributed by atoms with van der Waals surface area (Å²) < 4.78 is 11.1. The summed E-state index contributed by atoms with van der Waals surface area (Å²) in [6, 6.07) is 13.4. The third-order valence-corrected chi connectivity index (χ3v) is 4.62. The van der Waals surface area contributed by atoms with Crippen molar-refractivity contribution in [3.05, 3.63) is 59.3 Å². The van der Waals surface area contributed by atoms with Crippen LogP contribution >= 0.6 is 12.2 Å². The lowest BCUT2D eigenvalue weighted by Crippen LogP contribution is -2.30. The van der Waals surface area contributed by atoms with Gasteiger partial charge in [-0.25, -0.2) is 0 Å². The molecule has 2 aromatic rings. The van der Waals surface area contributed by atoms with Crippen molar-refractivity contribution in [3.8, 4) is 11.5 Å². The molecule has 6 heteroatoms. The number of hydrogen-bond acceptors (Lipinski definition) is 4. The van der Waals surface area contributed by atoms with Gasteiger partial charge in [0.25, 0.3) is 5.91 Å². The SMILES string of the molecule is CCc1cccc(N2C(=O)/C(=C\c3ccc4c(c3)OCCO4)NC2=S)c1. The van der Waals surface area contributed by atoms with Gasteiger partial charge in [-0.05, 0) is 60.1 Å². The molecule has 0 saturated carbocycles. The van der Waals surface area contributed by atoms with Crippen LogP contribution in [0.15, 0.2) is 48.2 Å². The molecule has 26 heavy (non-hydrogen) atoms. The van der Waals surface area contributed by atoms with E-state index in [1.165, 1.54) is 4.90 Å². The van der Waals surface area contributed by atoms with Crippen LogP contribution in [0.1, 0.15) is 18.1 Å². The van der Waals surface area contributed by atoms with Crippen molar-refractivity contribution in [3.63, 3.8) is 0 Å². The molecule has 0 radical (unpaired) electrons. The first kappa shape index (κ1) is 16.6. The number of nitrogens with zero attached hydrogens (tertiary/aromatic N) is 1. The highest BCUT2D eigenvalue weighted by molar-refractivity contribution is 7.80. The van der Waals surface area contributed by atoms with Crippen LogP contribution < -0.4 is 19.7 Å². The van der Waals surface area contributed by atoms with E-state index in [1.54, 1.807) is 6.08 Å².